The predicted molar refractivity (Wildman–Crippen MR) is 103 cm³/mol. The summed E-state index contributed by atoms with van der Waals surface area (Å²) in [6, 6.07) is 10.8. The second-order valence-corrected chi connectivity index (χ2v) is 7.07. The van der Waals surface area contributed by atoms with Crippen molar-refractivity contribution in [2.75, 3.05) is 11.4 Å². The molecule has 146 valence electrons. The van der Waals surface area contributed by atoms with Crippen molar-refractivity contribution in [2.24, 2.45) is 5.92 Å². The topological polar surface area (TPSA) is 63.7 Å². The third-order valence-electron chi connectivity index (χ3n) is 5.12. The Morgan fingerprint density at radius 1 is 1.14 bits per heavy atom. The van der Waals surface area contributed by atoms with Crippen LogP contribution in [0.1, 0.15) is 34.8 Å². The largest absolute Gasteiger partial charge is 0.454 e. The number of rotatable bonds is 5. The van der Waals surface area contributed by atoms with Gasteiger partial charge in [0.2, 0.25) is 11.7 Å². The smallest absolute Gasteiger partial charge is 0.312 e. The van der Waals surface area contributed by atoms with Crippen LogP contribution in [-0.2, 0) is 14.3 Å². The Morgan fingerprint density at radius 2 is 1.82 bits per heavy atom. The zero-order valence-electron chi connectivity index (χ0n) is 16.1. The molecule has 0 aromatic heterocycles. The zero-order valence-corrected chi connectivity index (χ0v) is 16.1. The molecule has 0 N–H and O–H groups in total. The predicted octanol–water partition coefficient (Wildman–Crippen LogP) is 3.61. The SMILES string of the molecule is Cc1cccc(N2C[C@H](C(=O)O[C@@H](C)C(=O)c3ccc(F)cc3)CC2=O)c1C. The summed E-state index contributed by atoms with van der Waals surface area (Å²) in [7, 11) is 0. The molecule has 1 saturated heterocycles. The van der Waals surface area contributed by atoms with Crippen LogP contribution in [0.25, 0.3) is 0 Å². The highest BCUT2D eigenvalue weighted by atomic mass is 19.1. The molecule has 1 fully saturated rings. The highest BCUT2D eigenvalue weighted by molar-refractivity contribution is 6.02. The van der Waals surface area contributed by atoms with Crippen molar-refractivity contribution in [3.63, 3.8) is 0 Å². The number of carbonyl (C=O) groups is 3. The molecule has 2 aromatic carbocycles. The molecule has 28 heavy (non-hydrogen) atoms. The zero-order chi connectivity index (χ0) is 20.4. The molecule has 3 rings (SSSR count). The standard InChI is InChI=1S/C22H22FNO4/c1-13-5-4-6-19(14(13)2)24-12-17(11-20(24)25)22(27)28-15(3)21(26)16-7-9-18(23)10-8-16/h4-10,15,17H,11-12H2,1-3H3/t15-,17+/m0/s1. The van der Waals surface area contributed by atoms with E-state index in [2.05, 4.69) is 0 Å². The van der Waals surface area contributed by atoms with Crippen LogP contribution < -0.4 is 4.90 Å². The number of Topliss-reactive ketones (excluding diaryl/α,β-unsaturated/α-hetero) is 1. The molecular weight excluding hydrogens is 361 g/mol. The number of esters is 1. The minimum Gasteiger partial charge on any atom is -0.454 e. The lowest BCUT2D eigenvalue weighted by atomic mass is 10.1. The fraction of sp³-hybridized carbons (Fsp3) is 0.318. The third kappa shape index (κ3) is 3.96. The van der Waals surface area contributed by atoms with E-state index in [-0.39, 0.29) is 24.4 Å². The number of carbonyl (C=O) groups excluding carboxylic acids is 3. The number of hydrogen-bond acceptors (Lipinski definition) is 4. The van der Waals surface area contributed by atoms with Gasteiger partial charge in [-0.15, -0.1) is 0 Å². The molecule has 5 nitrogen and oxygen atoms in total. The number of hydrogen-bond donors (Lipinski definition) is 0. The summed E-state index contributed by atoms with van der Waals surface area (Å²) >= 11 is 0. The summed E-state index contributed by atoms with van der Waals surface area (Å²) in [4.78, 5) is 38.9. The van der Waals surface area contributed by atoms with Gasteiger partial charge in [-0.2, -0.15) is 0 Å². The first-order chi connectivity index (χ1) is 13.3. The van der Waals surface area contributed by atoms with Crippen LogP contribution in [0.5, 0.6) is 0 Å². The lowest BCUT2D eigenvalue weighted by molar-refractivity contribution is -0.151. The summed E-state index contributed by atoms with van der Waals surface area (Å²) < 4.78 is 18.3. The summed E-state index contributed by atoms with van der Waals surface area (Å²) in [5.74, 6) is -2.21. The van der Waals surface area contributed by atoms with Gasteiger partial charge in [-0.25, -0.2) is 4.39 Å². The van der Waals surface area contributed by atoms with Gasteiger partial charge in [-0.1, -0.05) is 12.1 Å². The fourth-order valence-electron chi connectivity index (χ4n) is 3.30. The molecule has 6 heteroatoms. The van der Waals surface area contributed by atoms with Crippen LogP contribution in [0.4, 0.5) is 10.1 Å². The molecule has 0 aliphatic carbocycles. The summed E-state index contributed by atoms with van der Waals surface area (Å²) in [5, 5.41) is 0. The molecule has 0 saturated carbocycles. The van der Waals surface area contributed by atoms with Gasteiger partial charge in [0.05, 0.1) is 5.92 Å². The molecule has 1 aliphatic rings. The monoisotopic (exact) mass is 383 g/mol. The van der Waals surface area contributed by atoms with E-state index in [4.69, 9.17) is 4.74 Å². The van der Waals surface area contributed by atoms with Crippen molar-refractivity contribution in [3.05, 3.63) is 65.0 Å². The lowest BCUT2D eigenvalue weighted by Crippen LogP contribution is -2.30. The van der Waals surface area contributed by atoms with Crippen LogP contribution in [-0.4, -0.2) is 30.3 Å². The first kappa shape index (κ1) is 19.7. The first-order valence-electron chi connectivity index (χ1n) is 9.14. The number of halogens is 1. The molecule has 2 aromatic rings. The molecule has 1 amide bonds. The molecular formula is C22H22FNO4. The maximum Gasteiger partial charge on any atom is 0.312 e. The van der Waals surface area contributed by atoms with Crippen LogP contribution in [0.3, 0.4) is 0 Å². The molecule has 1 heterocycles. The molecule has 1 aliphatic heterocycles. The van der Waals surface area contributed by atoms with Crippen molar-refractivity contribution >= 4 is 23.3 Å². The third-order valence-corrected chi connectivity index (χ3v) is 5.12. The number of nitrogens with zero attached hydrogens (tertiary/aromatic N) is 1. The average molecular weight is 383 g/mol. The number of aryl methyl sites for hydroxylation is 1. The van der Waals surface area contributed by atoms with Gasteiger partial charge in [-0.05, 0) is 62.2 Å². The normalized spacial score (nSPS) is 17.5. The molecule has 0 radical (unpaired) electrons. The molecule has 0 unspecified atom stereocenters. The van der Waals surface area contributed by atoms with Crippen LogP contribution in [0.2, 0.25) is 0 Å². The molecule has 2 atom stereocenters. The Kier molecular flexibility index (Phi) is 5.58. The van der Waals surface area contributed by atoms with E-state index in [1.165, 1.54) is 31.2 Å². The van der Waals surface area contributed by atoms with Gasteiger partial charge in [0, 0.05) is 24.2 Å². The van der Waals surface area contributed by atoms with Crippen LogP contribution >= 0.6 is 0 Å². The van der Waals surface area contributed by atoms with Gasteiger partial charge >= 0.3 is 5.97 Å². The van der Waals surface area contributed by atoms with E-state index in [1.807, 2.05) is 32.0 Å². The van der Waals surface area contributed by atoms with Gasteiger partial charge in [0.15, 0.2) is 6.10 Å². The highest BCUT2D eigenvalue weighted by Gasteiger charge is 2.37. The number of benzene rings is 2. The van der Waals surface area contributed by atoms with E-state index in [0.29, 0.717) is 0 Å². The number of ketones is 1. The maximum absolute atomic E-state index is 13.0. The maximum atomic E-state index is 13.0. The van der Waals surface area contributed by atoms with Crippen LogP contribution in [0, 0.1) is 25.6 Å². The van der Waals surface area contributed by atoms with Crippen LogP contribution in [0.15, 0.2) is 42.5 Å². The average Bonchev–Trinajstić information content (AvgIpc) is 3.05. The number of ether oxygens (including phenoxy) is 1. The molecule has 0 bridgehead atoms. The summed E-state index contributed by atoms with van der Waals surface area (Å²) in [5.41, 5.74) is 3.11. The van der Waals surface area contributed by atoms with E-state index in [0.717, 1.165) is 16.8 Å². The summed E-state index contributed by atoms with van der Waals surface area (Å²) in [6.45, 7) is 5.60. The van der Waals surface area contributed by atoms with Gasteiger partial charge in [0.25, 0.3) is 0 Å². The second-order valence-electron chi connectivity index (χ2n) is 7.07. The second kappa shape index (κ2) is 7.92. The van der Waals surface area contributed by atoms with Crippen molar-refractivity contribution in [3.8, 4) is 0 Å². The number of amides is 1. The Balaban J connectivity index is 1.66. The Morgan fingerprint density at radius 3 is 2.50 bits per heavy atom. The Labute approximate surface area is 163 Å². The van der Waals surface area contributed by atoms with E-state index in [9.17, 15) is 18.8 Å². The van der Waals surface area contributed by atoms with Gasteiger partial charge < -0.3 is 9.64 Å². The number of anilines is 1. The van der Waals surface area contributed by atoms with E-state index >= 15 is 0 Å². The van der Waals surface area contributed by atoms with Gasteiger partial charge in [0.1, 0.15) is 5.82 Å². The Bertz CT molecular complexity index is 923. The fourth-order valence-corrected chi connectivity index (χ4v) is 3.30. The minimum absolute atomic E-state index is 0.0453. The lowest BCUT2D eigenvalue weighted by Gasteiger charge is -2.20. The van der Waals surface area contributed by atoms with E-state index < -0.39 is 29.6 Å². The van der Waals surface area contributed by atoms with Gasteiger partial charge in [-0.3, -0.25) is 14.4 Å². The Hall–Kier alpha value is -3.02. The minimum atomic E-state index is -1.01. The first-order valence-corrected chi connectivity index (χ1v) is 9.14. The summed E-state index contributed by atoms with van der Waals surface area (Å²) in [6.07, 6.45) is -0.966. The van der Waals surface area contributed by atoms with Crippen molar-refractivity contribution in [1.29, 1.82) is 0 Å². The van der Waals surface area contributed by atoms with Crippen molar-refractivity contribution < 1.29 is 23.5 Å². The van der Waals surface area contributed by atoms with E-state index in [1.54, 1.807) is 4.90 Å². The highest BCUT2D eigenvalue weighted by Crippen LogP contribution is 2.30. The quantitative estimate of drug-likeness (QED) is 0.584. The van der Waals surface area contributed by atoms with Crippen molar-refractivity contribution in [1.82, 2.24) is 0 Å². The van der Waals surface area contributed by atoms with Crippen molar-refractivity contribution in [2.45, 2.75) is 33.3 Å². The molecule has 0 spiro atoms.